The van der Waals surface area contributed by atoms with Gasteiger partial charge in [0.15, 0.2) is 0 Å². The fourth-order valence-corrected chi connectivity index (χ4v) is 1.94. The Balaban J connectivity index is 2.40. The molecule has 0 bridgehead atoms. The van der Waals surface area contributed by atoms with Crippen LogP contribution in [-0.2, 0) is 15.6 Å². The van der Waals surface area contributed by atoms with Crippen LogP contribution in [0.3, 0.4) is 0 Å². The Labute approximate surface area is 110 Å². The zero-order chi connectivity index (χ0) is 13.5. The smallest absolute Gasteiger partial charge is 0.241 e. The summed E-state index contributed by atoms with van der Waals surface area (Å²) in [6.07, 6.45) is 2.36. The van der Waals surface area contributed by atoms with Crippen LogP contribution in [0.2, 0.25) is 0 Å². The van der Waals surface area contributed by atoms with Gasteiger partial charge in [-0.1, -0.05) is 37.3 Å². The molecule has 0 heterocycles. The second kappa shape index (κ2) is 7.28. The normalized spacial score (nSPS) is 15.7. The van der Waals surface area contributed by atoms with Gasteiger partial charge in [-0.05, 0) is 12.0 Å². The van der Waals surface area contributed by atoms with Crippen LogP contribution in [0.5, 0.6) is 0 Å². The summed E-state index contributed by atoms with van der Waals surface area (Å²) in [5.41, 5.74) is 6.64. The third-order valence-corrected chi connectivity index (χ3v) is 4.23. The third-order valence-electron chi connectivity index (χ3n) is 2.86. The molecule has 4 nitrogen and oxygen atoms in total. The Bertz CT molecular complexity index is 409. The van der Waals surface area contributed by atoms with Crippen molar-refractivity contribution in [2.45, 2.75) is 24.6 Å². The van der Waals surface area contributed by atoms with Crippen LogP contribution in [0.4, 0.5) is 0 Å². The quantitative estimate of drug-likeness (QED) is 0.807. The number of carbonyl (C=O) groups excluding carboxylic acids is 1. The van der Waals surface area contributed by atoms with Gasteiger partial charge in [0.05, 0.1) is 0 Å². The summed E-state index contributed by atoms with van der Waals surface area (Å²) in [5.74, 6) is -0.199. The average Bonchev–Trinajstić information content (AvgIpc) is 2.38. The van der Waals surface area contributed by atoms with Gasteiger partial charge in [-0.3, -0.25) is 9.00 Å². The number of carbonyl (C=O) groups is 1. The molecule has 18 heavy (non-hydrogen) atoms. The van der Waals surface area contributed by atoms with E-state index >= 15 is 0 Å². The Morgan fingerprint density at radius 2 is 2.00 bits per heavy atom. The van der Waals surface area contributed by atoms with E-state index in [1.54, 1.807) is 6.26 Å². The van der Waals surface area contributed by atoms with Crippen LogP contribution in [0.15, 0.2) is 30.3 Å². The molecule has 3 unspecified atom stereocenters. The van der Waals surface area contributed by atoms with E-state index in [-0.39, 0.29) is 11.2 Å². The Morgan fingerprint density at radius 1 is 1.39 bits per heavy atom. The van der Waals surface area contributed by atoms with E-state index in [1.807, 2.05) is 37.3 Å². The molecule has 0 fully saturated rings. The van der Waals surface area contributed by atoms with Crippen LogP contribution in [0.25, 0.3) is 0 Å². The summed E-state index contributed by atoms with van der Waals surface area (Å²) >= 11 is 0. The standard InChI is InChI=1S/C13H20N2O2S/c1-10(18(2)17)8-9-15-13(16)12(14)11-6-4-3-5-7-11/h3-7,10,12H,8-9,14H2,1-2H3,(H,15,16). The first-order chi connectivity index (χ1) is 8.52. The van der Waals surface area contributed by atoms with Gasteiger partial charge in [0.25, 0.3) is 0 Å². The van der Waals surface area contributed by atoms with Gasteiger partial charge >= 0.3 is 0 Å². The van der Waals surface area contributed by atoms with Crippen LogP contribution in [0, 0.1) is 0 Å². The monoisotopic (exact) mass is 268 g/mol. The molecule has 1 aromatic rings. The lowest BCUT2D eigenvalue weighted by molar-refractivity contribution is -0.122. The van der Waals surface area contributed by atoms with E-state index in [1.165, 1.54) is 0 Å². The highest BCUT2D eigenvalue weighted by atomic mass is 32.2. The van der Waals surface area contributed by atoms with Gasteiger partial charge in [0.1, 0.15) is 6.04 Å². The first-order valence-corrected chi connectivity index (χ1v) is 7.55. The second-order valence-corrected chi connectivity index (χ2v) is 6.08. The highest BCUT2D eigenvalue weighted by Gasteiger charge is 2.15. The minimum atomic E-state index is -0.854. The van der Waals surface area contributed by atoms with E-state index in [9.17, 15) is 9.00 Å². The lowest BCUT2D eigenvalue weighted by Gasteiger charge is -2.13. The second-order valence-electron chi connectivity index (χ2n) is 4.28. The summed E-state index contributed by atoms with van der Waals surface area (Å²) in [6.45, 7) is 2.40. The molecule has 3 atom stereocenters. The third kappa shape index (κ3) is 4.58. The highest BCUT2D eigenvalue weighted by molar-refractivity contribution is 7.84. The molecule has 0 radical (unpaired) electrons. The largest absolute Gasteiger partial charge is 0.354 e. The van der Waals surface area contributed by atoms with Crippen molar-refractivity contribution < 1.29 is 9.00 Å². The molecule has 5 heteroatoms. The molecule has 3 N–H and O–H groups in total. The maximum absolute atomic E-state index is 11.8. The summed E-state index contributed by atoms with van der Waals surface area (Å²) in [6, 6.07) is 8.60. The van der Waals surface area contributed by atoms with E-state index in [0.29, 0.717) is 13.0 Å². The fourth-order valence-electron chi connectivity index (χ4n) is 1.49. The first-order valence-electron chi connectivity index (χ1n) is 5.93. The number of amides is 1. The lowest BCUT2D eigenvalue weighted by atomic mass is 10.1. The van der Waals surface area contributed by atoms with Crippen molar-refractivity contribution in [2.75, 3.05) is 12.8 Å². The van der Waals surface area contributed by atoms with Gasteiger partial charge in [0.2, 0.25) is 5.91 Å². The highest BCUT2D eigenvalue weighted by Crippen LogP contribution is 2.09. The van der Waals surface area contributed by atoms with Crippen LogP contribution < -0.4 is 11.1 Å². The van der Waals surface area contributed by atoms with Crippen molar-refractivity contribution in [1.82, 2.24) is 5.32 Å². The molecule has 0 spiro atoms. The maximum atomic E-state index is 11.8. The molecular weight excluding hydrogens is 248 g/mol. The molecular formula is C13H20N2O2S. The van der Waals surface area contributed by atoms with Crippen molar-refractivity contribution >= 4 is 16.7 Å². The minimum absolute atomic E-state index is 0.0817. The van der Waals surface area contributed by atoms with Crippen LogP contribution in [-0.4, -0.2) is 28.2 Å². The molecule has 100 valence electrons. The Kier molecular flexibility index (Phi) is 6.01. The molecule has 0 aliphatic heterocycles. The van der Waals surface area contributed by atoms with Crippen molar-refractivity contribution in [3.8, 4) is 0 Å². The predicted molar refractivity (Wildman–Crippen MR) is 74.5 cm³/mol. The van der Waals surface area contributed by atoms with Crippen LogP contribution >= 0.6 is 0 Å². The SMILES string of the molecule is CC(CCNC(=O)C(N)c1ccccc1)S(C)=O. The van der Waals surface area contributed by atoms with E-state index in [0.717, 1.165) is 5.56 Å². The van der Waals surface area contributed by atoms with E-state index in [2.05, 4.69) is 5.32 Å². The van der Waals surface area contributed by atoms with Crippen molar-refractivity contribution in [3.63, 3.8) is 0 Å². The molecule has 1 rings (SSSR count). The van der Waals surface area contributed by atoms with Gasteiger partial charge in [-0.25, -0.2) is 0 Å². The van der Waals surface area contributed by atoms with Crippen LogP contribution in [0.1, 0.15) is 24.9 Å². The van der Waals surface area contributed by atoms with Crippen molar-refractivity contribution in [1.29, 1.82) is 0 Å². The minimum Gasteiger partial charge on any atom is -0.354 e. The average molecular weight is 268 g/mol. The van der Waals surface area contributed by atoms with Crippen molar-refractivity contribution in [3.05, 3.63) is 35.9 Å². The molecule has 0 saturated carbocycles. The Morgan fingerprint density at radius 3 is 2.56 bits per heavy atom. The van der Waals surface area contributed by atoms with Gasteiger partial charge < -0.3 is 11.1 Å². The number of hydrogen-bond donors (Lipinski definition) is 2. The number of hydrogen-bond acceptors (Lipinski definition) is 3. The molecule has 0 aliphatic carbocycles. The van der Waals surface area contributed by atoms with E-state index in [4.69, 9.17) is 5.73 Å². The topological polar surface area (TPSA) is 72.2 Å². The number of rotatable bonds is 6. The number of benzene rings is 1. The molecule has 1 amide bonds. The molecule has 0 aliphatic rings. The van der Waals surface area contributed by atoms with Crippen molar-refractivity contribution in [2.24, 2.45) is 5.73 Å². The zero-order valence-electron chi connectivity index (χ0n) is 10.8. The zero-order valence-corrected chi connectivity index (χ0v) is 11.6. The fraction of sp³-hybridized carbons (Fsp3) is 0.462. The first kappa shape index (κ1) is 14.9. The summed E-state index contributed by atoms with van der Waals surface area (Å²) in [7, 11) is -0.854. The Hall–Kier alpha value is -1.20. The summed E-state index contributed by atoms with van der Waals surface area (Å²) in [4.78, 5) is 11.8. The summed E-state index contributed by atoms with van der Waals surface area (Å²) < 4.78 is 11.1. The number of nitrogens with two attached hydrogens (primary N) is 1. The predicted octanol–water partition coefficient (Wildman–Crippen LogP) is 0.960. The molecule has 1 aromatic carbocycles. The van der Waals surface area contributed by atoms with Gasteiger partial charge in [-0.15, -0.1) is 0 Å². The molecule has 0 aromatic heterocycles. The molecule has 0 saturated heterocycles. The lowest BCUT2D eigenvalue weighted by Crippen LogP contribution is -2.35. The summed E-state index contributed by atoms with van der Waals surface area (Å²) in [5, 5.41) is 2.85. The number of nitrogens with one attached hydrogen (secondary N) is 1. The maximum Gasteiger partial charge on any atom is 0.241 e. The van der Waals surface area contributed by atoms with Gasteiger partial charge in [0, 0.05) is 28.9 Å². The van der Waals surface area contributed by atoms with E-state index < -0.39 is 16.8 Å². The van der Waals surface area contributed by atoms with Gasteiger partial charge in [-0.2, -0.15) is 0 Å².